The van der Waals surface area contributed by atoms with Crippen molar-refractivity contribution in [2.45, 2.75) is 33.9 Å². The van der Waals surface area contributed by atoms with Crippen molar-refractivity contribution >= 4 is 5.69 Å². The maximum atomic E-state index is 5.39. The quantitative estimate of drug-likeness (QED) is 0.879. The Labute approximate surface area is 126 Å². The first-order chi connectivity index (χ1) is 10.1. The molecule has 1 heterocycles. The molecule has 0 fully saturated rings. The summed E-state index contributed by atoms with van der Waals surface area (Å²) >= 11 is 0. The van der Waals surface area contributed by atoms with Gasteiger partial charge in [0.05, 0.1) is 19.9 Å². The van der Waals surface area contributed by atoms with Crippen LogP contribution < -0.4 is 14.8 Å². The maximum absolute atomic E-state index is 5.39. The first-order valence-electron chi connectivity index (χ1n) is 7.22. The number of aryl methyl sites for hydroxylation is 1. The normalized spacial score (nSPS) is 10.5. The van der Waals surface area contributed by atoms with E-state index >= 15 is 0 Å². The third-order valence-corrected chi connectivity index (χ3v) is 3.87. The Morgan fingerprint density at radius 2 is 1.86 bits per heavy atom. The molecule has 4 heteroatoms. The average molecular weight is 288 g/mol. The van der Waals surface area contributed by atoms with Gasteiger partial charge in [-0.15, -0.1) is 0 Å². The van der Waals surface area contributed by atoms with Gasteiger partial charge in [0.2, 0.25) is 0 Å². The summed E-state index contributed by atoms with van der Waals surface area (Å²) in [4.78, 5) is 0. The summed E-state index contributed by atoms with van der Waals surface area (Å²) in [7, 11) is 3.34. The fraction of sp³-hybridized carbons (Fsp3) is 0.412. The molecule has 21 heavy (non-hydrogen) atoms. The van der Waals surface area contributed by atoms with Crippen LogP contribution in [0.25, 0.3) is 0 Å². The number of rotatable bonds is 6. The molecule has 2 aromatic rings. The van der Waals surface area contributed by atoms with E-state index in [9.17, 15) is 0 Å². The molecular weight excluding hydrogens is 264 g/mol. The molecule has 0 unspecified atom stereocenters. The van der Waals surface area contributed by atoms with Crippen LogP contribution in [0.15, 0.2) is 24.3 Å². The van der Waals surface area contributed by atoms with E-state index in [4.69, 9.17) is 9.47 Å². The highest BCUT2D eigenvalue weighted by molar-refractivity contribution is 5.60. The Morgan fingerprint density at radius 1 is 1.10 bits per heavy atom. The van der Waals surface area contributed by atoms with Crippen LogP contribution in [0.3, 0.4) is 0 Å². The van der Waals surface area contributed by atoms with E-state index in [1.54, 1.807) is 14.2 Å². The summed E-state index contributed by atoms with van der Waals surface area (Å²) in [6.45, 7) is 8.24. The van der Waals surface area contributed by atoms with E-state index in [0.29, 0.717) is 0 Å². The van der Waals surface area contributed by atoms with Crippen LogP contribution in [0, 0.1) is 13.8 Å². The van der Waals surface area contributed by atoms with Gasteiger partial charge in [-0.3, -0.25) is 0 Å². The van der Waals surface area contributed by atoms with E-state index in [2.05, 4.69) is 36.7 Å². The predicted molar refractivity (Wildman–Crippen MR) is 86.5 cm³/mol. The Hall–Kier alpha value is -2.10. The number of benzene rings is 1. The predicted octanol–water partition coefficient (Wildman–Crippen LogP) is 3.75. The minimum atomic E-state index is 0.767. The SMILES string of the molecule is CCn1c(C)cc(CNc2cc(OC)ccc2OC)c1C. The molecule has 1 aromatic heterocycles. The van der Waals surface area contributed by atoms with Gasteiger partial charge in [-0.05, 0) is 44.5 Å². The van der Waals surface area contributed by atoms with E-state index in [1.165, 1.54) is 17.0 Å². The van der Waals surface area contributed by atoms with E-state index in [1.807, 2.05) is 18.2 Å². The average Bonchev–Trinajstić information content (AvgIpc) is 2.78. The zero-order valence-corrected chi connectivity index (χ0v) is 13.5. The third kappa shape index (κ3) is 3.15. The molecule has 2 rings (SSSR count). The molecule has 1 aromatic carbocycles. The van der Waals surface area contributed by atoms with Crippen molar-refractivity contribution in [2.24, 2.45) is 0 Å². The Morgan fingerprint density at radius 3 is 2.43 bits per heavy atom. The lowest BCUT2D eigenvalue weighted by molar-refractivity contribution is 0.404. The number of hydrogen-bond donors (Lipinski definition) is 1. The molecule has 0 aliphatic heterocycles. The van der Waals surface area contributed by atoms with Gasteiger partial charge in [-0.25, -0.2) is 0 Å². The van der Waals surface area contributed by atoms with Gasteiger partial charge >= 0.3 is 0 Å². The van der Waals surface area contributed by atoms with Gasteiger partial charge < -0.3 is 19.4 Å². The maximum Gasteiger partial charge on any atom is 0.142 e. The molecule has 114 valence electrons. The van der Waals surface area contributed by atoms with Gasteiger partial charge in [0.1, 0.15) is 11.5 Å². The minimum Gasteiger partial charge on any atom is -0.497 e. The lowest BCUT2D eigenvalue weighted by atomic mass is 10.2. The molecule has 0 amide bonds. The first kappa shape index (κ1) is 15.3. The standard InChI is InChI=1S/C17H24N2O2/c1-6-19-12(2)9-14(13(19)3)11-18-16-10-15(20-4)7-8-17(16)21-5/h7-10,18H,6,11H2,1-5H3. The van der Waals surface area contributed by atoms with Gasteiger partial charge in [0.15, 0.2) is 0 Å². The van der Waals surface area contributed by atoms with Crippen molar-refractivity contribution < 1.29 is 9.47 Å². The van der Waals surface area contributed by atoms with E-state index in [0.717, 1.165) is 30.3 Å². The summed E-state index contributed by atoms with van der Waals surface area (Å²) in [6, 6.07) is 8.00. The van der Waals surface area contributed by atoms with Crippen LogP contribution in [0.2, 0.25) is 0 Å². The molecule has 4 nitrogen and oxygen atoms in total. The largest absolute Gasteiger partial charge is 0.497 e. The van der Waals surface area contributed by atoms with Crippen LogP contribution >= 0.6 is 0 Å². The highest BCUT2D eigenvalue weighted by Gasteiger charge is 2.09. The van der Waals surface area contributed by atoms with Crippen molar-refractivity contribution in [3.8, 4) is 11.5 Å². The van der Waals surface area contributed by atoms with Crippen molar-refractivity contribution in [1.82, 2.24) is 4.57 Å². The number of ether oxygens (including phenoxy) is 2. The molecule has 1 N–H and O–H groups in total. The zero-order valence-electron chi connectivity index (χ0n) is 13.5. The molecule has 0 radical (unpaired) electrons. The van der Waals surface area contributed by atoms with Crippen LogP contribution in [0.5, 0.6) is 11.5 Å². The molecule has 0 aliphatic carbocycles. The van der Waals surface area contributed by atoms with Crippen LogP contribution in [-0.4, -0.2) is 18.8 Å². The number of hydrogen-bond acceptors (Lipinski definition) is 3. The fourth-order valence-electron chi connectivity index (χ4n) is 2.68. The van der Waals surface area contributed by atoms with Crippen molar-refractivity contribution in [2.75, 3.05) is 19.5 Å². The molecular formula is C17H24N2O2. The lowest BCUT2D eigenvalue weighted by Gasteiger charge is -2.13. The number of nitrogens with one attached hydrogen (secondary N) is 1. The number of nitrogens with zero attached hydrogens (tertiary/aromatic N) is 1. The molecule has 0 aliphatic rings. The number of methoxy groups -OCH3 is 2. The summed E-state index contributed by atoms with van der Waals surface area (Å²) in [5, 5.41) is 3.44. The smallest absolute Gasteiger partial charge is 0.142 e. The summed E-state index contributed by atoms with van der Waals surface area (Å²) in [5.41, 5.74) is 4.85. The number of aromatic nitrogens is 1. The van der Waals surface area contributed by atoms with Crippen molar-refractivity contribution in [3.05, 3.63) is 41.2 Å². The summed E-state index contributed by atoms with van der Waals surface area (Å²) < 4.78 is 13.0. The van der Waals surface area contributed by atoms with Crippen LogP contribution in [-0.2, 0) is 13.1 Å². The molecule has 0 atom stereocenters. The fourth-order valence-corrected chi connectivity index (χ4v) is 2.68. The highest BCUT2D eigenvalue weighted by Crippen LogP contribution is 2.29. The minimum absolute atomic E-state index is 0.767. The van der Waals surface area contributed by atoms with Gasteiger partial charge in [-0.1, -0.05) is 0 Å². The van der Waals surface area contributed by atoms with Gasteiger partial charge in [0.25, 0.3) is 0 Å². The van der Waals surface area contributed by atoms with Crippen molar-refractivity contribution in [1.29, 1.82) is 0 Å². The third-order valence-electron chi connectivity index (χ3n) is 3.87. The Kier molecular flexibility index (Phi) is 4.78. The topological polar surface area (TPSA) is 35.4 Å². The van der Waals surface area contributed by atoms with Gasteiger partial charge in [-0.2, -0.15) is 0 Å². The Balaban J connectivity index is 2.19. The zero-order chi connectivity index (χ0) is 15.4. The summed E-state index contributed by atoms with van der Waals surface area (Å²) in [6.07, 6.45) is 0. The van der Waals surface area contributed by atoms with Crippen LogP contribution in [0.1, 0.15) is 23.9 Å². The monoisotopic (exact) mass is 288 g/mol. The van der Waals surface area contributed by atoms with E-state index in [-0.39, 0.29) is 0 Å². The lowest BCUT2D eigenvalue weighted by Crippen LogP contribution is -2.04. The molecule has 0 bridgehead atoms. The Bertz CT molecular complexity index is 617. The highest BCUT2D eigenvalue weighted by atomic mass is 16.5. The molecule has 0 saturated carbocycles. The van der Waals surface area contributed by atoms with Gasteiger partial charge in [0, 0.05) is 30.5 Å². The summed E-state index contributed by atoms with van der Waals surface area (Å²) in [5.74, 6) is 1.64. The molecule has 0 saturated heterocycles. The molecule has 0 spiro atoms. The van der Waals surface area contributed by atoms with Crippen molar-refractivity contribution in [3.63, 3.8) is 0 Å². The number of anilines is 1. The first-order valence-corrected chi connectivity index (χ1v) is 7.22. The second-order valence-corrected chi connectivity index (χ2v) is 5.06. The second-order valence-electron chi connectivity index (χ2n) is 5.06. The second kappa shape index (κ2) is 6.57. The van der Waals surface area contributed by atoms with Crippen LogP contribution in [0.4, 0.5) is 5.69 Å². The van der Waals surface area contributed by atoms with E-state index < -0.39 is 0 Å².